The lowest BCUT2D eigenvalue weighted by atomic mass is 9.67. The topological polar surface area (TPSA) is 19.0 Å². The molecule has 32 heavy (non-hydrogen) atoms. The molecule has 0 amide bonds. The van der Waals surface area contributed by atoms with Crippen molar-refractivity contribution in [3.8, 4) is 0 Å². The van der Waals surface area contributed by atoms with Crippen molar-refractivity contribution in [2.45, 2.75) is 118 Å². The van der Waals surface area contributed by atoms with Crippen LogP contribution in [-0.2, 0) is 4.74 Å². The van der Waals surface area contributed by atoms with Crippen LogP contribution >= 0.6 is 0 Å². The highest BCUT2D eigenvalue weighted by Crippen LogP contribution is 2.44. The van der Waals surface area contributed by atoms with Gasteiger partial charge >= 0.3 is 0 Å². The molecule has 0 radical (unpaired) electrons. The molecule has 0 aromatic rings. The Morgan fingerprint density at radius 2 is 1.44 bits per heavy atom. The molecule has 0 aromatic heterocycles. The Morgan fingerprint density at radius 1 is 0.844 bits per heavy atom. The molecule has 2 saturated heterocycles. The van der Waals surface area contributed by atoms with E-state index in [1.807, 2.05) is 0 Å². The van der Waals surface area contributed by atoms with Crippen LogP contribution in [0, 0.1) is 11.3 Å². The Morgan fingerprint density at radius 3 is 1.94 bits per heavy atom. The standard InChI is InChI=1S/C28H57N3O/c1-10-14-28(9,11-2)31-15-12-25(13-16-31)26(5,6)23-27(7,8)30-19-17-29(18-20-30)21-22-32-24(3)4/h24-25H,10-23H2,1-9H3. The van der Waals surface area contributed by atoms with Crippen molar-refractivity contribution in [3.63, 3.8) is 0 Å². The summed E-state index contributed by atoms with van der Waals surface area (Å²) < 4.78 is 5.76. The number of ether oxygens (including phenoxy) is 1. The van der Waals surface area contributed by atoms with Gasteiger partial charge in [0.15, 0.2) is 0 Å². The van der Waals surface area contributed by atoms with Gasteiger partial charge in [0, 0.05) is 43.8 Å². The molecule has 4 heteroatoms. The summed E-state index contributed by atoms with van der Waals surface area (Å²) in [6.45, 7) is 30.8. The molecule has 2 aliphatic rings. The molecule has 0 aliphatic carbocycles. The maximum atomic E-state index is 5.76. The summed E-state index contributed by atoms with van der Waals surface area (Å²) in [6, 6.07) is 0. The minimum atomic E-state index is 0.265. The van der Waals surface area contributed by atoms with Gasteiger partial charge in [-0.05, 0) is 91.1 Å². The van der Waals surface area contributed by atoms with Crippen LogP contribution in [-0.4, -0.2) is 84.3 Å². The molecule has 0 spiro atoms. The second kappa shape index (κ2) is 12.0. The van der Waals surface area contributed by atoms with Gasteiger partial charge in [0.05, 0.1) is 12.7 Å². The minimum Gasteiger partial charge on any atom is -0.377 e. The summed E-state index contributed by atoms with van der Waals surface area (Å²) in [5, 5.41) is 0. The average molecular weight is 452 g/mol. The zero-order valence-electron chi connectivity index (χ0n) is 23.3. The first kappa shape index (κ1) is 28.1. The maximum absolute atomic E-state index is 5.76. The van der Waals surface area contributed by atoms with Crippen molar-refractivity contribution in [1.29, 1.82) is 0 Å². The molecule has 2 heterocycles. The Labute approximate surface area is 201 Å². The van der Waals surface area contributed by atoms with E-state index in [1.54, 1.807) is 0 Å². The molecule has 4 nitrogen and oxygen atoms in total. The minimum absolute atomic E-state index is 0.265. The molecular weight excluding hydrogens is 394 g/mol. The summed E-state index contributed by atoms with van der Waals surface area (Å²) in [5.74, 6) is 0.843. The predicted molar refractivity (Wildman–Crippen MR) is 139 cm³/mol. The zero-order valence-corrected chi connectivity index (χ0v) is 23.3. The fourth-order valence-electron chi connectivity index (χ4n) is 6.66. The fourth-order valence-corrected chi connectivity index (χ4v) is 6.66. The molecule has 0 saturated carbocycles. The van der Waals surface area contributed by atoms with Crippen LogP contribution in [0.1, 0.15) is 101 Å². The smallest absolute Gasteiger partial charge is 0.0596 e. The van der Waals surface area contributed by atoms with E-state index in [0.717, 1.165) is 19.1 Å². The monoisotopic (exact) mass is 451 g/mol. The predicted octanol–water partition coefficient (Wildman–Crippen LogP) is 5.90. The molecule has 190 valence electrons. The van der Waals surface area contributed by atoms with Crippen LogP contribution in [0.3, 0.4) is 0 Å². The van der Waals surface area contributed by atoms with Crippen molar-refractivity contribution in [2.24, 2.45) is 11.3 Å². The fraction of sp³-hybridized carbons (Fsp3) is 1.00. The van der Waals surface area contributed by atoms with E-state index in [1.165, 1.54) is 77.8 Å². The highest BCUT2D eigenvalue weighted by molar-refractivity contribution is 4.96. The molecule has 2 fully saturated rings. The molecule has 0 bridgehead atoms. The molecule has 0 N–H and O–H groups in total. The van der Waals surface area contributed by atoms with Gasteiger partial charge in [0.25, 0.3) is 0 Å². The van der Waals surface area contributed by atoms with Gasteiger partial charge in [-0.15, -0.1) is 0 Å². The zero-order chi connectivity index (χ0) is 24.0. The van der Waals surface area contributed by atoms with Gasteiger partial charge in [-0.2, -0.15) is 0 Å². The first-order valence-corrected chi connectivity index (χ1v) is 13.8. The Hall–Kier alpha value is -0.160. The van der Waals surface area contributed by atoms with Crippen LogP contribution in [0.2, 0.25) is 0 Å². The first-order chi connectivity index (χ1) is 14.9. The van der Waals surface area contributed by atoms with Crippen LogP contribution in [0.4, 0.5) is 0 Å². The van der Waals surface area contributed by atoms with Gasteiger partial charge in [-0.1, -0.05) is 34.1 Å². The lowest BCUT2D eigenvalue weighted by molar-refractivity contribution is -0.0194. The second-order valence-corrected chi connectivity index (χ2v) is 12.6. The molecule has 1 unspecified atom stereocenters. The normalized spacial score (nSPS) is 23.1. The number of piperidine rings is 1. The van der Waals surface area contributed by atoms with Gasteiger partial charge in [0.1, 0.15) is 0 Å². The number of rotatable bonds is 12. The van der Waals surface area contributed by atoms with E-state index >= 15 is 0 Å². The molecule has 2 aliphatic heterocycles. The van der Waals surface area contributed by atoms with Crippen molar-refractivity contribution >= 4 is 0 Å². The van der Waals surface area contributed by atoms with Gasteiger partial charge in [-0.3, -0.25) is 14.7 Å². The molecule has 1 atom stereocenters. The Kier molecular flexibility index (Phi) is 10.5. The van der Waals surface area contributed by atoms with E-state index in [9.17, 15) is 0 Å². The van der Waals surface area contributed by atoms with E-state index < -0.39 is 0 Å². The van der Waals surface area contributed by atoms with Crippen LogP contribution < -0.4 is 0 Å². The molecule has 2 rings (SSSR count). The third-order valence-electron chi connectivity index (χ3n) is 8.89. The third kappa shape index (κ3) is 7.68. The lowest BCUT2D eigenvalue weighted by Gasteiger charge is -2.51. The third-order valence-corrected chi connectivity index (χ3v) is 8.89. The summed E-state index contributed by atoms with van der Waals surface area (Å²) in [6.07, 6.45) is 8.27. The largest absolute Gasteiger partial charge is 0.377 e. The van der Waals surface area contributed by atoms with Gasteiger partial charge in [-0.25, -0.2) is 0 Å². The van der Waals surface area contributed by atoms with E-state index in [0.29, 0.717) is 17.1 Å². The number of nitrogens with zero attached hydrogens (tertiary/aromatic N) is 3. The number of piperazine rings is 1. The number of likely N-dealkylation sites (tertiary alicyclic amines) is 1. The van der Waals surface area contributed by atoms with E-state index in [-0.39, 0.29) is 5.54 Å². The molecule has 0 aromatic carbocycles. The summed E-state index contributed by atoms with van der Waals surface area (Å²) in [5.41, 5.74) is 1.06. The number of hydrogen-bond donors (Lipinski definition) is 0. The highest BCUT2D eigenvalue weighted by Gasteiger charge is 2.41. The average Bonchev–Trinajstić information content (AvgIpc) is 2.73. The van der Waals surface area contributed by atoms with Crippen LogP contribution in [0.15, 0.2) is 0 Å². The first-order valence-electron chi connectivity index (χ1n) is 13.8. The van der Waals surface area contributed by atoms with Crippen LogP contribution in [0.25, 0.3) is 0 Å². The quantitative estimate of drug-likeness (QED) is 0.367. The maximum Gasteiger partial charge on any atom is 0.0596 e. The Balaban J connectivity index is 1.84. The summed E-state index contributed by atoms with van der Waals surface area (Å²) >= 11 is 0. The summed E-state index contributed by atoms with van der Waals surface area (Å²) in [4.78, 5) is 8.16. The van der Waals surface area contributed by atoms with Crippen molar-refractivity contribution in [1.82, 2.24) is 14.7 Å². The SMILES string of the molecule is CCCC(C)(CC)N1CCC(C(C)(C)CC(C)(C)N2CCN(CCOC(C)C)CC2)CC1. The van der Waals surface area contributed by atoms with Crippen molar-refractivity contribution in [2.75, 3.05) is 52.4 Å². The highest BCUT2D eigenvalue weighted by atomic mass is 16.5. The van der Waals surface area contributed by atoms with E-state index in [4.69, 9.17) is 4.74 Å². The van der Waals surface area contributed by atoms with Crippen LogP contribution in [0.5, 0.6) is 0 Å². The van der Waals surface area contributed by atoms with Crippen molar-refractivity contribution < 1.29 is 4.74 Å². The van der Waals surface area contributed by atoms with Gasteiger partial charge < -0.3 is 4.74 Å². The molecular formula is C28H57N3O. The van der Waals surface area contributed by atoms with Crippen molar-refractivity contribution in [3.05, 3.63) is 0 Å². The van der Waals surface area contributed by atoms with Gasteiger partial charge in [0.2, 0.25) is 0 Å². The van der Waals surface area contributed by atoms with E-state index in [2.05, 4.69) is 77.0 Å². The lowest BCUT2D eigenvalue weighted by Crippen LogP contribution is -2.57. The summed E-state index contributed by atoms with van der Waals surface area (Å²) in [7, 11) is 0. The number of hydrogen-bond acceptors (Lipinski definition) is 4. The Bertz CT molecular complexity index is 531. The second-order valence-electron chi connectivity index (χ2n) is 12.6.